The SMILES string of the molecule is CCC/C=C\C/C=C\C(CCCCCCC(=O)NC(CCCN)C(=O)O)OC(=O)CCCCCCCCCCC/C=C\C/C=C\CCCCCCC. The molecule has 52 heavy (non-hydrogen) atoms. The number of carboxylic acid groups (broad SMARTS) is 1. The molecule has 1 amide bonds. The molecular formula is C45H80N2O5. The third kappa shape index (κ3) is 35.7. The molecule has 0 spiro atoms. The Kier molecular flexibility index (Phi) is 37.5. The van der Waals surface area contributed by atoms with Gasteiger partial charge in [-0.25, -0.2) is 4.79 Å². The number of aliphatic carboxylic acids is 1. The number of allylic oxidation sites excluding steroid dienone is 7. The van der Waals surface area contributed by atoms with Gasteiger partial charge in [-0.15, -0.1) is 0 Å². The highest BCUT2D eigenvalue weighted by atomic mass is 16.5. The smallest absolute Gasteiger partial charge is 0.326 e. The van der Waals surface area contributed by atoms with Gasteiger partial charge in [0.2, 0.25) is 5.91 Å². The fourth-order valence-corrected chi connectivity index (χ4v) is 6.08. The molecule has 7 heteroatoms. The van der Waals surface area contributed by atoms with Gasteiger partial charge in [-0.2, -0.15) is 0 Å². The zero-order chi connectivity index (χ0) is 38.2. The summed E-state index contributed by atoms with van der Waals surface area (Å²) >= 11 is 0. The first-order chi connectivity index (χ1) is 25.4. The maximum absolute atomic E-state index is 12.7. The fraction of sp³-hybridized carbons (Fsp3) is 0.756. The van der Waals surface area contributed by atoms with Crippen molar-refractivity contribution < 1.29 is 24.2 Å². The van der Waals surface area contributed by atoms with E-state index < -0.39 is 12.0 Å². The Morgan fingerprint density at radius 2 is 1.10 bits per heavy atom. The summed E-state index contributed by atoms with van der Waals surface area (Å²) in [6, 6.07) is -0.875. The van der Waals surface area contributed by atoms with E-state index in [2.05, 4.69) is 61.7 Å². The highest BCUT2D eigenvalue weighted by molar-refractivity contribution is 5.83. The summed E-state index contributed by atoms with van der Waals surface area (Å²) in [4.78, 5) is 36.2. The zero-order valence-corrected chi connectivity index (χ0v) is 33.6. The summed E-state index contributed by atoms with van der Waals surface area (Å²) in [7, 11) is 0. The van der Waals surface area contributed by atoms with Crippen molar-refractivity contribution in [1.82, 2.24) is 5.32 Å². The molecule has 0 aliphatic carbocycles. The largest absolute Gasteiger partial charge is 0.480 e. The quantitative estimate of drug-likeness (QED) is 0.0331. The molecule has 0 aromatic rings. The number of unbranched alkanes of at least 4 members (excludes halogenated alkanes) is 18. The van der Waals surface area contributed by atoms with E-state index in [4.69, 9.17) is 10.5 Å². The summed E-state index contributed by atoms with van der Waals surface area (Å²) in [5.41, 5.74) is 5.47. The van der Waals surface area contributed by atoms with Crippen molar-refractivity contribution in [2.45, 2.75) is 212 Å². The number of carboxylic acids is 1. The number of esters is 1. The Morgan fingerprint density at radius 3 is 1.67 bits per heavy atom. The fourth-order valence-electron chi connectivity index (χ4n) is 6.08. The van der Waals surface area contributed by atoms with Crippen molar-refractivity contribution in [3.8, 4) is 0 Å². The topological polar surface area (TPSA) is 119 Å². The van der Waals surface area contributed by atoms with Crippen LogP contribution in [0.15, 0.2) is 48.6 Å². The van der Waals surface area contributed by atoms with Crippen molar-refractivity contribution in [1.29, 1.82) is 0 Å². The van der Waals surface area contributed by atoms with E-state index in [9.17, 15) is 19.5 Å². The number of ether oxygens (including phenoxy) is 1. The predicted molar refractivity (Wildman–Crippen MR) is 220 cm³/mol. The van der Waals surface area contributed by atoms with Gasteiger partial charge in [-0.1, -0.05) is 146 Å². The molecule has 0 aromatic carbocycles. The highest BCUT2D eigenvalue weighted by Gasteiger charge is 2.19. The maximum atomic E-state index is 12.7. The first kappa shape index (κ1) is 49.3. The van der Waals surface area contributed by atoms with Crippen LogP contribution in [-0.4, -0.2) is 41.6 Å². The molecule has 7 nitrogen and oxygen atoms in total. The molecule has 4 N–H and O–H groups in total. The standard InChI is InChI=1S/C45H80N2O5/c1-3-5-7-9-11-12-13-14-15-16-17-18-19-20-21-22-23-24-25-27-33-39-44(49)52-41(35-30-26-10-8-6-4-2)36-31-28-29-32-38-43(48)47-42(45(50)51)37-34-40-46/h8,10,13-14,16-17,30,35,41-42H,3-7,9,11-12,15,18-29,31-34,36-40,46H2,1-2H3,(H,47,48)(H,50,51)/b10-8-,14-13-,17-16-,35-30-. The minimum Gasteiger partial charge on any atom is -0.480 e. The lowest BCUT2D eigenvalue weighted by Gasteiger charge is -2.15. The maximum Gasteiger partial charge on any atom is 0.326 e. The molecule has 0 rings (SSSR count). The normalized spacial score (nSPS) is 13.1. The van der Waals surface area contributed by atoms with Crippen LogP contribution in [0.1, 0.15) is 200 Å². The van der Waals surface area contributed by atoms with E-state index in [1.165, 1.54) is 89.9 Å². The van der Waals surface area contributed by atoms with Crippen LogP contribution in [0.25, 0.3) is 0 Å². The van der Waals surface area contributed by atoms with Crippen LogP contribution >= 0.6 is 0 Å². The van der Waals surface area contributed by atoms with Gasteiger partial charge in [0.05, 0.1) is 0 Å². The van der Waals surface area contributed by atoms with Gasteiger partial charge in [0.1, 0.15) is 12.1 Å². The van der Waals surface area contributed by atoms with Crippen LogP contribution in [0.4, 0.5) is 0 Å². The van der Waals surface area contributed by atoms with Crippen molar-refractivity contribution in [2.75, 3.05) is 6.54 Å². The molecule has 2 atom stereocenters. The first-order valence-corrected chi connectivity index (χ1v) is 21.5. The Labute approximate surface area is 319 Å². The van der Waals surface area contributed by atoms with E-state index in [1.807, 2.05) is 6.08 Å². The molecule has 0 bridgehead atoms. The van der Waals surface area contributed by atoms with Crippen molar-refractivity contribution in [2.24, 2.45) is 5.73 Å². The molecule has 0 aliphatic heterocycles. The van der Waals surface area contributed by atoms with Gasteiger partial charge in [0.25, 0.3) is 0 Å². The van der Waals surface area contributed by atoms with E-state index in [-0.39, 0.29) is 18.0 Å². The molecule has 2 unspecified atom stereocenters. The van der Waals surface area contributed by atoms with Crippen LogP contribution in [0.2, 0.25) is 0 Å². The lowest BCUT2D eigenvalue weighted by atomic mass is 10.1. The number of amides is 1. The Hall–Kier alpha value is -2.67. The molecule has 0 heterocycles. The van der Waals surface area contributed by atoms with Gasteiger partial charge in [0, 0.05) is 12.8 Å². The summed E-state index contributed by atoms with van der Waals surface area (Å²) in [6.45, 7) is 4.83. The van der Waals surface area contributed by atoms with Crippen LogP contribution < -0.4 is 11.1 Å². The number of rotatable bonds is 38. The van der Waals surface area contributed by atoms with Crippen LogP contribution in [0.5, 0.6) is 0 Å². The van der Waals surface area contributed by atoms with Crippen molar-refractivity contribution in [3.05, 3.63) is 48.6 Å². The number of carbonyl (C=O) groups excluding carboxylic acids is 2. The molecule has 300 valence electrons. The molecule has 0 aromatic heterocycles. The van der Waals surface area contributed by atoms with E-state index >= 15 is 0 Å². The average molecular weight is 729 g/mol. The Bertz CT molecular complexity index is 957. The lowest BCUT2D eigenvalue weighted by Crippen LogP contribution is -2.40. The van der Waals surface area contributed by atoms with Crippen LogP contribution in [0, 0.1) is 0 Å². The second kappa shape index (κ2) is 39.5. The van der Waals surface area contributed by atoms with Crippen LogP contribution in [-0.2, 0) is 19.1 Å². The highest BCUT2D eigenvalue weighted by Crippen LogP contribution is 2.15. The zero-order valence-electron chi connectivity index (χ0n) is 33.6. The van der Waals surface area contributed by atoms with Crippen molar-refractivity contribution in [3.63, 3.8) is 0 Å². The first-order valence-electron chi connectivity index (χ1n) is 21.5. The second-order valence-electron chi connectivity index (χ2n) is 14.4. The number of nitrogens with one attached hydrogen (secondary N) is 1. The molecule has 0 saturated carbocycles. The van der Waals surface area contributed by atoms with Gasteiger partial charge in [-0.05, 0) is 96.1 Å². The number of nitrogens with two attached hydrogens (primary N) is 1. The van der Waals surface area contributed by atoms with Gasteiger partial charge < -0.3 is 20.9 Å². The number of hydrogen-bond donors (Lipinski definition) is 3. The van der Waals surface area contributed by atoms with Gasteiger partial charge in [-0.3, -0.25) is 9.59 Å². The van der Waals surface area contributed by atoms with E-state index in [0.29, 0.717) is 38.6 Å². The minimum atomic E-state index is -1.02. The van der Waals surface area contributed by atoms with E-state index in [1.54, 1.807) is 0 Å². The third-order valence-electron chi connectivity index (χ3n) is 9.33. The molecular weight excluding hydrogens is 649 g/mol. The number of carbonyl (C=O) groups is 3. The Morgan fingerprint density at radius 1 is 0.577 bits per heavy atom. The number of hydrogen-bond acceptors (Lipinski definition) is 5. The predicted octanol–water partition coefficient (Wildman–Crippen LogP) is 12.0. The summed E-state index contributed by atoms with van der Waals surface area (Å²) in [5, 5.41) is 11.9. The second-order valence-corrected chi connectivity index (χ2v) is 14.4. The van der Waals surface area contributed by atoms with Crippen LogP contribution in [0.3, 0.4) is 0 Å². The molecule has 0 fully saturated rings. The molecule has 0 saturated heterocycles. The molecule has 0 radical (unpaired) electrons. The third-order valence-corrected chi connectivity index (χ3v) is 9.33. The Balaban J connectivity index is 4.10. The minimum absolute atomic E-state index is 0.113. The van der Waals surface area contributed by atoms with E-state index in [0.717, 1.165) is 64.2 Å². The monoisotopic (exact) mass is 729 g/mol. The van der Waals surface area contributed by atoms with Gasteiger partial charge >= 0.3 is 11.9 Å². The summed E-state index contributed by atoms with van der Waals surface area (Å²) in [6.07, 6.45) is 47.6. The summed E-state index contributed by atoms with van der Waals surface area (Å²) < 4.78 is 5.88. The van der Waals surface area contributed by atoms with Gasteiger partial charge in [0.15, 0.2) is 0 Å². The lowest BCUT2D eigenvalue weighted by molar-refractivity contribution is -0.147. The average Bonchev–Trinajstić information content (AvgIpc) is 3.13. The van der Waals surface area contributed by atoms with Crippen molar-refractivity contribution >= 4 is 17.8 Å². The molecule has 0 aliphatic rings. The summed E-state index contributed by atoms with van der Waals surface area (Å²) in [5.74, 6) is -1.36.